The molecule has 1 saturated heterocycles. The lowest BCUT2D eigenvalue weighted by Crippen LogP contribution is -2.33. The summed E-state index contributed by atoms with van der Waals surface area (Å²) in [5.41, 5.74) is 1.54. The summed E-state index contributed by atoms with van der Waals surface area (Å²) in [5, 5.41) is 22.0. The fourth-order valence-corrected chi connectivity index (χ4v) is 5.79. The molecule has 0 saturated carbocycles. The third-order valence-corrected chi connectivity index (χ3v) is 7.82. The highest BCUT2D eigenvalue weighted by atomic mass is 17.2. The fraction of sp³-hybridized carbons (Fsp3) is 0.676. The maximum Gasteiger partial charge on any atom is 0.330 e. The molecule has 0 amide bonds. The molecular formula is C34H50O9. The summed E-state index contributed by atoms with van der Waals surface area (Å²) in [6.45, 7) is 14.0. The molecule has 4 heterocycles. The Morgan fingerprint density at radius 3 is 2.65 bits per heavy atom. The summed E-state index contributed by atoms with van der Waals surface area (Å²) in [7, 11) is 0. The smallest absolute Gasteiger partial charge is 0.330 e. The van der Waals surface area contributed by atoms with Gasteiger partial charge in [-0.25, -0.2) is 9.68 Å². The van der Waals surface area contributed by atoms with Gasteiger partial charge in [0.2, 0.25) is 6.29 Å². The van der Waals surface area contributed by atoms with Crippen molar-refractivity contribution in [1.29, 1.82) is 0 Å². The third-order valence-electron chi connectivity index (χ3n) is 7.82. The Balaban J connectivity index is 1.42. The summed E-state index contributed by atoms with van der Waals surface area (Å²) in [6.07, 6.45) is 12.3. The number of ether oxygens (including phenoxy) is 4. The zero-order valence-electron chi connectivity index (χ0n) is 26.2. The molecule has 10 unspecified atom stereocenters. The van der Waals surface area contributed by atoms with Crippen molar-refractivity contribution in [3.05, 3.63) is 60.3 Å². The average Bonchev–Trinajstić information content (AvgIpc) is 3.68. The Bertz CT molecular complexity index is 1070. The van der Waals surface area contributed by atoms with Crippen LogP contribution in [0.25, 0.3) is 0 Å². The molecule has 0 aromatic carbocycles. The Morgan fingerprint density at radius 1 is 1.09 bits per heavy atom. The molecule has 2 N–H and O–H groups in total. The van der Waals surface area contributed by atoms with Gasteiger partial charge in [0.15, 0.2) is 0 Å². The molecule has 4 aliphatic rings. The molecule has 4 aliphatic heterocycles. The normalized spacial score (nSPS) is 37.9. The maximum absolute atomic E-state index is 12.8. The predicted octanol–water partition coefficient (Wildman–Crippen LogP) is 5.18. The van der Waals surface area contributed by atoms with Gasteiger partial charge in [-0.1, -0.05) is 55.0 Å². The second-order valence-corrected chi connectivity index (χ2v) is 13.4. The molecule has 43 heavy (non-hydrogen) atoms. The van der Waals surface area contributed by atoms with Crippen molar-refractivity contribution in [3.63, 3.8) is 0 Å². The Labute approximate surface area is 256 Å². The van der Waals surface area contributed by atoms with E-state index >= 15 is 0 Å². The van der Waals surface area contributed by atoms with Gasteiger partial charge < -0.3 is 29.2 Å². The van der Waals surface area contributed by atoms with E-state index in [1.807, 2.05) is 39.8 Å². The summed E-state index contributed by atoms with van der Waals surface area (Å²) < 4.78 is 23.7. The maximum atomic E-state index is 12.8. The minimum atomic E-state index is -1.12. The van der Waals surface area contributed by atoms with Crippen LogP contribution in [0.15, 0.2) is 60.3 Å². The number of cyclic esters (lactones) is 1. The van der Waals surface area contributed by atoms with Crippen molar-refractivity contribution in [1.82, 2.24) is 0 Å². The van der Waals surface area contributed by atoms with Crippen LogP contribution in [0.3, 0.4) is 0 Å². The first-order valence-electron chi connectivity index (χ1n) is 15.6. The van der Waals surface area contributed by atoms with Crippen molar-refractivity contribution in [2.24, 2.45) is 5.92 Å². The highest BCUT2D eigenvalue weighted by Gasteiger charge is 2.46. The number of epoxide rings is 1. The molecular weight excluding hydrogens is 552 g/mol. The van der Waals surface area contributed by atoms with E-state index in [4.69, 9.17) is 28.7 Å². The Hall–Kier alpha value is -2.11. The van der Waals surface area contributed by atoms with E-state index in [2.05, 4.69) is 19.6 Å². The second-order valence-electron chi connectivity index (χ2n) is 13.4. The standard InChI is InChI=1S/C34H50O9/c1-21-15-22(2)18-28(36)33-30(41-33)20-29(40-31(37)12-8-10-24-9-7-11-25(16-21)38-24)27(35)14-13-26-17-23(3)19-32(39-26)42-43-34(4,5)6/h7-9,12-14,19,21,24-30,32-33,35-36H,2,10-11,15-18,20H2,1,3-6H3/b12-8-,14-13?. The molecule has 9 heteroatoms. The molecule has 2 bridgehead atoms. The molecule has 10 atom stereocenters. The Kier molecular flexibility index (Phi) is 12.0. The molecule has 0 spiro atoms. The van der Waals surface area contributed by atoms with E-state index in [1.54, 1.807) is 18.2 Å². The second kappa shape index (κ2) is 15.3. The highest BCUT2D eigenvalue weighted by Crippen LogP contribution is 2.35. The summed E-state index contributed by atoms with van der Waals surface area (Å²) in [6, 6.07) is 0. The van der Waals surface area contributed by atoms with Crippen LogP contribution in [0, 0.1) is 5.92 Å². The van der Waals surface area contributed by atoms with Gasteiger partial charge in [0, 0.05) is 12.5 Å². The van der Waals surface area contributed by atoms with E-state index in [9.17, 15) is 15.0 Å². The van der Waals surface area contributed by atoms with Gasteiger partial charge in [0.25, 0.3) is 0 Å². The largest absolute Gasteiger partial charge is 0.456 e. The lowest BCUT2D eigenvalue weighted by Gasteiger charge is -2.28. The van der Waals surface area contributed by atoms with Crippen LogP contribution in [0.1, 0.15) is 79.6 Å². The van der Waals surface area contributed by atoms with Crippen LogP contribution in [-0.4, -0.2) is 76.9 Å². The van der Waals surface area contributed by atoms with Crippen molar-refractivity contribution < 1.29 is 43.7 Å². The predicted molar refractivity (Wildman–Crippen MR) is 162 cm³/mol. The van der Waals surface area contributed by atoms with Crippen LogP contribution in [-0.2, 0) is 33.5 Å². The SMILES string of the molecule is C=C1CC(C)CC2CC=CC(C/C=C\C(=O)OC(C(O)C=CC3CC(C)=CC(OOC(C)(C)C)O3)CC3OC3C(O)C1)O2. The number of carbonyl (C=O) groups is 1. The van der Waals surface area contributed by atoms with Gasteiger partial charge in [-0.2, -0.15) is 4.89 Å². The lowest BCUT2D eigenvalue weighted by atomic mass is 9.91. The van der Waals surface area contributed by atoms with Crippen LogP contribution in [0.2, 0.25) is 0 Å². The van der Waals surface area contributed by atoms with Crippen molar-refractivity contribution in [2.45, 2.75) is 140 Å². The molecule has 240 valence electrons. The minimum Gasteiger partial charge on any atom is -0.456 e. The van der Waals surface area contributed by atoms with Gasteiger partial charge in [0.05, 0.1) is 36.1 Å². The van der Waals surface area contributed by atoms with Crippen LogP contribution in [0.4, 0.5) is 0 Å². The monoisotopic (exact) mass is 602 g/mol. The molecule has 0 aliphatic carbocycles. The number of hydrogen-bond acceptors (Lipinski definition) is 9. The van der Waals surface area contributed by atoms with E-state index in [-0.39, 0.29) is 30.8 Å². The summed E-state index contributed by atoms with van der Waals surface area (Å²) in [5.74, 6) is -0.195. The molecule has 4 rings (SSSR count). The first-order valence-corrected chi connectivity index (χ1v) is 15.6. The van der Waals surface area contributed by atoms with E-state index < -0.39 is 42.3 Å². The fourth-order valence-electron chi connectivity index (χ4n) is 5.79. The third kappa shape index (κ3) is 11.4. The molecule has 0 radical (unpaired) electrons. The van der Waals surface area contributed by atoms with Gasteiger partial charge in [-0.3, -0.25) is 0 Å². The van der Waals surface area contributed by atoms with Gasteiger partial charge in [0.1, 0.15) is 18.3 Å². The minimum absolute atomic E-state index is 0.102. The van der Waals surface area contributed by atoms with Gasteiger partial charge >= 0.3 is 5.97 Å². The number of aliphatic hydroxyl groups excluding tert-OH is 2. The number of rotatable bonds is 5. The summed E-state index contributed by atoms with van der Waals surface area (Å²) >= 11 is 0. The number of esters is 1. The lowest BCUT2D eigenvalue weighted by molar-refractivity contribution is -0.408. The van der Waals surface area contributed by atoms with E-state index in [0.29, 0.717) is 25.2 Å². The van der Waals surface area contributed by atoms with E-state index in [1.165, 1.54) is 6.08 Å². The number of hydrogen-bond donors (Lipinski definition) is 2. The van der Waals surface area contributed by atoms with E-state index in [0.717, 1.165) is 30.4 Å². The highest BCUT2D eigenvalue weighted by molar-refractivity contribution is 5.82. The van der Waals surface area contributed by atoms with Crippen LogP contribution in [0.5, 0.6) is 0 Å². The quantitative estimate of drug-likeness (QED) is 0.144. The number of fused-ring (bicyclic) bond motifs is 3. The van der Waals surface area contributed by atoms with Crippen LogP contribution < -0.4 is 0 Å². The number of carbonyl (C=O) groups excluding carboxylic acids is 1. The first kappa shape index (κ1) is 33.8. The van der Waals surface area contributed by atoms with Gasteiger partial charge in [-0.05, 0) is 78.2 Å². The number of aliphatic hydroxyl groups is 2. The molecule has 9 nitrogen and oxygen atoms in total. The summed E-state index contributed by atoms with van der Waals surface area (Å²) in [4.78, 5) is 23.7. The zero-order chi connectivity index (χ0) is 31.1. The average molecular weight is 603 g/mol. The van der Waals surface area contributed by atoms with Crippen molar-refractivity contribution in [2.75, 3.05) is 0 Å². The van der Waals surface area contributed by atoms with Crippen LogP contribution >= 0.6 is 0 Å². The van der Waals surface area contributed by atoms with Gasteiger partial charge in [-0.15, -0.1) is 0 Å². The Morgan fingerprint density at radius 2 is 1.88 bits per heavy atom. The van der Waals surface area contributed by atoms with Crippen molar-refractivity contribution >= 4 is 5.97 Å². The first-order chi connectivity index (χ1) is 20.3. The van der Waals surface area contributed by atoms with Crippen molar-refractivity contribution in [3.8, 4) is 0 Å². The molecule has 1 fully saturated rings. The molecule has 0 aromatic rings. The molecule has 0 aromatic heterocycles. The topological polar surface area (TPSA) is 116 Å². The zero-order valence-corrected chi connectivity index (χ0v) is 26.2.